The number of esters is 1. The molecule has 0 bridgehead atoms. The second kappa shape index (κ2) is 8.06. The van der Waals surface area contributed by atoms with Gasteiger partial charge in [-0.3, -0.25) is 9.59 Å². The maximum absolute atomic E-state index is 12.2. The summed E-state index contributed by atoms with van der Waals surface area (Å²) >= 11 is 0. The molecule has 5 heteroatoms. The molecule has 0 saturated heterocycles. The van der Waals surface area contributed by atoms with Gasteiger partial charge < -0.3 is 15.4 Å². The molecule has 17 heavy (non-hydrogen) atoms. The van der Waals surface area contributed by atoms with Crippen molar-refractivity contribution in [2.24, 2.45) is 11.7 Å². The summed E-state index contributed by atoms with van der Waals surface area (Å²) in [6.45, 7) is 6.07. The molecular formula is C12H24N2O3. The van der Waals surface area contributed by atoms with Gasteiger partial charge in [-0.05, 0) is 20.3 Å². The SMILES string of the molecule is CCCC(CN)C(=O)N(CC(=O)OC)C(C)C. The van der Waals surface area contributed by atoms with Gasteiger partial charge >= 0.3 is 5.97 Å². The Bertz CT molecular complexity index is 254. The molecule has 0 aromatic heterocycles. The Hall–Kier alpha value is -1.10. The fourth-order valence-electron chi connectivity index (χ4n) is 1.64. The number of carbonyl (C=O) groups excluding carboxylic acids is 2. The van der Waals surface area contributed by atoms with Crippen LogP contribution < -0.4 is 5.73 Å². The number of ether oxygens (including phenoxy) is 1. The van der Waals surface area contributed by atoms with Crippen LogP contribution in [-0.4, -0.2) is 43.0 Å². The van der Waals surface area contributed by atoms with E-state index in [9.17, 15) is 9.59 Å². The molecule has 0 heterocycles. The Morgan fingerprint density at radius 2 is 1.94 bits per heavy atom. The zero-order chi connectivity index (χ0) is 13.4. The van der Waals surface area contributed by atoms with Crippen molar-refractivity contribution in [1.29, 1.82) is 0 Å². The van der Waals surface area contributed by atoms with Gasteiger partial charge in [-0.25, -0.2) is 0 Å². The fraction of sp³-hybridized carbons (Fsp3) is 0.833. The summed E-state index contributed by atoms with van der Waals surface area (Å²) in [7, 11) is 1.32. The van der Waals surface area contributed by atoms with Crippen LogP contribution in [0.25, 0.3) is 0 Å². The minimum atomic E-state index is -0.403. The zero-order valence-corrected chi connectivity index (χ0v) is 11.2. The number of nitrogens with two attached hydrogens (primary N) is 1. The minimum absolute atomic E-state index is 0.00673. The fourth-order valence-corrected chi connectivity index (χ4v) is 1.64. The third-order valence-electron chi connectivity index (χ3n) is 2.70. The maximum Gasteiger partial charge on any atom is 0.325 e. The summed E-state index contributed by atoms with van der Waals surface area (Å²) < 4.78 is 4.59. The molecule has 1 amide bonds. The first-order chi connectivity index (χ1) is 7.97. The standard InChI is InChI=1S/C12H24N2O3/c1-5-6-10(7-13)12(16)14(9(2)3)8-11(15)17-4/h9-10H,5-8,13H2,1-4H3. The first-order valence-electron chi connectivity index (χ1n) is 6.05. The van der Waals surface area contributed by atoms with Gasteiger partial charge in [0.2, 0.25) is 5.91 Å². The van der Waals surface area contributed by atoms with Gasteiger partial charge in [-0.1, -0.05) is 13.3 Å². The first-order valence-corrected chi connectivity index (χ1v) is 6.05. The third-order valence-corrected chi connectivity index (χ3v) is 2.70. The van der Waals surface area contributed by atoms with Crippen LogP contribution in [-0.2, 0) is 14.3 Å². The number of carbonyl (C=O) groups is 2. The lowest BCUT2D eigenvalue weighted by atomic mass is 10.0. The van der Waals surface area contributed by atoms with E-state index in [4.69, 9.17) is 5.73 Å². The molecule has 0 aliphatic carbocycles. The number of hydrogen-bond donors (Lipinski definition) is 1. The van der Waals surface area contributed by atoms with E-state index >= 15 is 0 Å². The summed E-state index contributed by atoms with van der Waals surface area (Å²) in [5.41, 5.74) is 5.60. The molecule has 0 aliphatic heterocycles. The van der Waals surface area contributed by atoms with Crippen molar-refractivity contribution in [2.75, 3.05) is 20.2 Å². The molecule has 0 fully saturated rings. The first kappa shape index (κ1) is 15.9. The van der Waals surface area contributed by atoms with Crippen molar-refractivity contribution < 1.29 is 14.3 Å². The smallest absolute Gasteiger partial charge is 0.325 e. The van der Waals surface area contributed by atoms with Crippen molar-refractivity contribution >= 4 is 11.9 Å². The lowest BCUT2D eigenvalue weighted by Gasteiger charge is -2.29. The van der Waals surface area contributed by atoms with Gasteiger partial charge in [0, 0.05) is 12.6 Å². The van der Waals surface area contributed by atoms with E-state index in [1.54, 1.807) is 0 Å². The van der Waals surface area contributed by atoms with Crippen molar-refractivity contribution in [3.63, 3.8) is 0 Å². The van der Waals surface area contributed by atoms with Gasteiger partial charge in [0.1, 0.15) is 6.54 Å². The average molecular weight is 244 g/mol. The molecule has 0 aromatic carbocycles. The predicted octanol–water partition coefficient (Wildman–Crippen LogP) is 0.771. The third kappa shape index (κ3) is 5.17. The van der Waals surface area contributed by atoms with Crippen LogP contribution >= 0.6 is 0 Å². The normalized spacial score (nSPS) is 12.4. The largest absolute Gasteiger partial charge is 0.468 e. The molecule has 0 saturated carbocycles. The van der Waals surface area contributed by atoms with Gasteiger partial charge in [-0.2, -0.15) is 0 Å². The number of rotatable bonds is 7. The highest BCUT2D eigenvalue weighted by atomic mass is 16.5. The monoisotopic (exact) mass is 244 g/mol. The van der Waals surface area contributed by atoms with Crippen molar-refractivity contribution in [3.8, 4) is 0 Å². The van der Waals surface area contributed by atoms with E-state index in [-0.39, 0.29) is 24.4 Å². The maximum atomic E-state index is 12.2. The minimum Gasteiger partial charge on any atom is -0.468 e. The van der Waals surface area contributed by atoms with Crippen molar-refractivity contribution in [2.45, 2.75) is 39.7 Å². The van der Waals surface area contributed by atoms with Crippen LogP contribution in [0.15, 0.2) is 0 Å². The highest BCUT2D eigenvalue weighted by Crippen LogP contribution is 2.12. The molecule has 1 atom stereocenters. The van der Waals surface area contributed by atoms with Crippen molar-refractivity contribution in [1.82, 2.24) is 4.90 Å². The average Bonchev–Trinajstić information content (AvgIpc) is 2.31. The lowest BCUT2D eigenvalue weighted by Crippen LogP contribution is -2.45. The molecule has 100 valence electrons. The summed E-state index contributed by atoms with van der Waals surface area (Å²) in [6, 6.07) is -0.0347. The Labute approximate surface area is 103 Å². The summed E-state index contributed by atoms with van der Waals surface area (Å²) in [5, 5.41) is 0. The van der Waals surface area contributed by atoms with Crippen LogP contribution in [0.3, 0.4) is 0 Å². The van der Waals surface area contributed by atoms with Crippen LogP contribution in [0.1, 0.15) is 33.6 Å². The number of hydrogen-bond acceptors (Lipinski definition) is 4. The van der Waals surface area contributed by atoms with E-state index in [1.165, 1.54) is 12.0 Å². The highest BCUT2D eigenvalue weighted by Gasteiger charge is 2.26. The molecule has 0 aliphatic rings. The molecular weight excluding hydrogens is 220 g/mol. The lowest BCUT2D eigenvalue weighted by molar-refractivity contribution is -0.149. The number of nitrogens with zero attached hydrogens (tertiary/aromatic N) is 1. The van der Waals surface area contributed by atoms with Crippen molar-refractivity contribution in [3.05, 3.63) is 0 Å². The second-order valence-electron chi connectivity index (χ2n) is 4.36. The number of methoxy groups -OCH3 is 1. The molecule has 0 spiro atoms. The zero-order valence-electron chi connectivity index (χ0n) is 11.2. The quantitative estimate of drug-likeness (QED) is 0.671. The highest BCUT2D eigenvalue weighted by molar-refractivity contribution is 5.84. The van der Waals surface area contributed by atoms with Crippen LogP contribution in [0.4, 0.5) is 0 Å². The molecule has 0 aromatic rings. The van der Waals surface area contributed by atoms with Crippen LogP contribution in [0, 0.1) is 5.92 Å². The Balaban J connectivity index is 4.68. The Morgan fingerprint density at radius 1 is 1.35 bits per heavy atom. The van der Waals surface area contributed by atoms with E-state index < -0.39 is 5.97 Å². The predicted molar refractivity (Wildman–Crippen MR) is 66.3 cm³/mol. The Kier molecular flexibility index (Phi) is 7.54. The Morgan fingerprint density at radius 3 is 2.29 bits per heavy atom. The molecule has 0 radical (unpaired) electrons. The molecule has 0 rings (SSSR count). The number of amides is 1. The van der Waals surface area contributed by atoms with E-state index in [0.29, 0.717) is 6.54 Å². The van der Waals surface area contributed by atoms with Crippen LogP contribution in [0.5, 0.6) is 0 Å². The van der Waals surface area contributed by atoms with Gasteiger partial charge in [0.25, 0.3) is 0 Å². The van der Waals surface area contributed by atoms with E-state index in [2.05, 4.69) is 4.74 Å². The summed E-state index contributed by atoms with van der Waals surface area (Å²) in [4.78, 5) is 25.0. The van der Waals surface area contributed by atoms with E-state index in [1.807, 2.05) is 20.8 Å². The molecule has 5 nitrogen and oxygen atoms in total. The van der Waals surface area contributed by atoms with Gasteiger partial charge in [0.15, 0.2) is 0 Å². The van der Waals surface area contributed by atoms with Gasteiger partial charge in [0.05, 0.1) is 13.0 Å². The second-order valence-corrected chi connectivity index (χ2v) is 4.36. The topological polar surface area (TPSA) is 72.6 Å². The molecule has 2 N–H and O–H groups in total. The van der Waals surface area contributed by atoms with Crippen LogP contribution in [0.2, 0.25) is 0 Å². The summed E-state index contributed by atoms with van der Waals surface area (Å²) in [6.07, 6.45) is 1.65. The molecule has 1 unspecified atom stereocenters. The van der Waals surface area contributed by atoms with E-state index in [0.717, 1.165) is 12.8 Å². The summed E-state index contributed by atoms with van der Waals surface area (Å²) in [5.74, 6) is -0.666. The van der Waals surface area contributed by atoms with Gasteiger partial charge in [-0.15, -0.1) is 0 Å².